The fourth-order valence-electron chi connectivity index (χ4n) is 3.59. The topological polar surface area (TPSA) is 109 Å². The average molecular weight is 328 g/mol. The highest BCUT2D eigenvalue weighted by atomic mass is 16.1. The van der Waals surface area contributed by atoms with Gasteiger partial charge in [-0.1, -0.05) is 12.5 Å². The standard InChI is InChI=1S/C17H24N6O/c1-11-6-7-13(20-12(2)24)14(10-11)23-16(19)21-15(18)22-17(23)8-4-3-5-9-17/h6-7,10H,3-5,8-9H2,1-2H3,(H,20,24)(H4,18,19,21,22). The lowest BCUT2D eigenvalue weighted by molar-refractivity contribution is -0.114. The van der Waals surface area contributed by atoms with Crippen LogP contribution in [0.4, 0.5) is 11.4 Å². The molecule has 0 atom stereocenters. The summed E-state index contributed by atoms with van der Waals surface area (Å²) in [6.07, 6.45) is 5.01. The largest absolute Gasteiger partial charge is 0.369 e. The predicted octanol–water partition coefficient (Wildman–Crippen LogP) is 2.06. The van der Waals surface area contributed by atoms with E-state index in [1.165, 1.54) is 13.3 Å². The Bertz CT molecular complexity index is 718. The Morgan fingerprint density at radius 1 is 1.25 bits per heavy atom. The lowest BCUT2D eigenvalue weighted by atomic mass is 9.87. The number of rotatable bonds is 2. The fourth-order valence-corrected chi connectivity index (χ4v) is 3.59. The van der Waals surface area contributed by atoms with Crippen molar-refractivity contribution >= 4 is 29.2 Å². The number of benzene rings is 1. The van der Waals surface area contributed by atoms with E-state index in [9.17, 15) is 4.79 Å². The minimum Gasteiger partial charge on any atom is -0.369 e. The number of hydrogen-bond acceptors (Lipinski definition) is 6. The number of nitrogens with two attached hydrogens (primary N) is 2. The van der Waals surface area contributed by atoms with Gasteiger partial charge in [-0.05, 0) is 50.3 Å². The molecule has 0 saturated heterocycles. The highest BCUT2D eigenvalue weighted by Crippen LogP contribution is 2.42. The third-order valence-corrected chi connectivity index (χ3v) is 4.56. The van der Waals surface area contributed by atoms with E-state index >= 15 is 0 Å². The summed E-state index contributed by atoms with van der Waals surface area (Å²) in [5.74, 6) is 0.411. The number of aryl methyl sites for hydroxylation is 1. The average Bonchev–Trinajstić information content (AvgIpc) is 2.49. The molecule has 1 aromatic carbocycles. The first-order valence-corrected chi connectivity index (χ1v) is 8.29. The molecule has 1 saturated carbocycles. The van der Waals surface area contributed by atoms with Crippen molar-refractivity contribution in [1.29, 1.82) is 0 Å². The van der Waals surface area contributed by atoms with E-state index in [-0.39, 0.29) is 11.9 Å². The van der Waals surface area contributed by atoms with Crippen LogP contribution in [0.5, 0.6) is 0 Å². The summed E-state index contributed by atoms with van der Waals surface area (Å²) >= 11 is 0. The quantitative estimate of drug-likeness (QED) is 0.772. The van der Waals surface area contributed by atoms with Crippen LogP contribution in [-0.2, 0) is 4.79 Å². The van der Waals surface area contributed by atoms with Crippen LogP contribution < -0.4 is 21.7 Å². The highest BCUT2D eigenvalue weighted by molar-refractivity contribution is 6.08. The number of guanidine groups is 2. The molecule has 0 radical (unpaired) electrons. The van der Waals surface area contributed by atoms with Crippen molar-refractivity contribution in [2.75, 3.05) is 10.2 Å². The van der Waals surface area contributed by atoms with Crippen molar-refractivity contribution < 1.29 is 4.79 Å². The summed E-state index contributed by atoms with van der Waals surface area (Å²) < 4.78 is 0. The first-order valence-electron chi connectivity index (χ1n) is 8.29. The molecule has 1 aliphatic heterocycles. The molecule has 7 heteroatoms. The van der Waals surface area contributed by atoms with Gasteiger partial charge in [0.05, 0.1) is 11.4 Å². The van der Waals surface area contributed by atoms with Crippen molar-refractivity contribution in [3.8, 4) is 0 Å². The second-order valence-electron chi connectivity index (χ2n) is 6.52. The zero-order chi connectivity index (χ0) is 17.3. The lowest BCUT2D eigenvalue weighted by Crippen LogP contribution is -2.58. The second-order valence-corrected chi connectivity index (χ2v) is 6.52. The van der Waals surface area contributed by atoms with Gasteiger partial charge in [-0.2, -0.15) is 4.99 Å². The van der Waals surface area contributed by atoms with Gasteiger partial charge in [0.2, 0.25) is 17.8 Å². The molecule has 1 heterocycles. The molecule has 0 unspecified atom stereocenters. The first-order chi connectivity index (χ1) is 11.4. The Morgan fingerprint density at radius 3 is 2.62 bits per heavy atom. The number of anilines is 2. The normalized spacial score (nSPS) is 19.7. The van der Waals surface area contributed by atoms with Crippen LogP contribution in [0.3, 0.4) is 0 Å². The monoisotopic (exact) mass is 328 g/mol. The van der Waals surface area contributed by atoms with Gasteiger partial charge in [0.15, 0.2) is 0 Å². The SMILES string of the molecule is CC(=O)Nc1ccc(C)cc1N1C(N)=NC(N)=NC12CCCCC2. The van der Waals surface area contributed by atoms with Crippen LogP contribution in [-0.4, -0.2) is 23.5 Å². The molecule has 0 bridgehead atoms. The van der Waals surface area contributed by atoms with E-state index < -0.39 is 5.66 Å². The van der Waals surface area contributed by atoms with Crippen molar-refractivity contribution in [3.05, 3.63) is 23.8 Å². The minimum atomic E-state index is -0.519. The van der Waals surface area contributed by atoms with Crippen LogP contribution in [0.1, 0.15) is 44.6 Å². The number of aliphatic imine (C=N–C) groups is 2. The van der Waals surface area contributed by atoms with Crippen LogP contribution in [0.15, 0.2) is 28.2 Å². The van der Waals surface area contributed by atoms with E-state index in [4.69, 9.17) is 11.5 Å². The summed E-state index contributed by atoms with van der Waals surface area (Å²) in [5.41, 5.74) is 14.2. The molecule has 2 aliphatic rings. The molecule has 7 nitrogen and oxygen atoms in total. The van der Waals surface area contributed by atoms with E-state index in [0.29, 0.717) is 11.6 Å². The van der Waals surface area contributed by atoms with Crippen molar-refractivity contribution in [3.63, 3.8) is 0 Å². The molecule has 1 aliphatic carbocycles. The molecule has 1 amide bonds. The van der Waals surface area contributed by atoms with E-state index in [1.807, 2.05) is 30.0 Å². The molecule has 0 aromatic heterocycles. The summed E-state index contributed by atoms with van der Waals surface area (Å²) in [5, 5.41) is 2.88. The molecule has 5 N–H and O–H groups in total. The molecule has 128 valence electrons. The summed E-state index contributed by atoms with van der Waals surface area (Å²) in [7, 11) is 0. The number of amides is 1. The maximum atomic E-state index is 11.6. The minimum absolute atomic E-state index is 0.131. The van der Waals surface area contributed by atoms with Crippen molar-refractivity contribution in [2.24, 2.45) is 21.5 Å². The molecular formula is C17H24N6O. The highest BCUT2D eigenvalue weighted by Gasteiger charge is 2.43. The Labute approximate surface area is 141 Å². The number of nitrogens with one attached hydrogen (secondary N) is 1. The van der Waals surface area contributed by atoms with Gasteiger partial charge >= 0.3 is 0 Å². The first kappa shape index (κ1) is 16.3. The molecule has 3 rings (SSSR count). The zero-order valence-electron chi connectivity index (χ0n) is 14.2. The molecular weight excluding hydrogens is 304 g/mol. The maximum Gasteiger partial charge on any atom is 0.221 e. The molecule has 1 fully saturated rings. The fraction of sp³-hybridized carbons (Fsp3) is 0.471. The summed E-state index contributed by atoms with van der Waals surface area (Å²) in [6, 6.07) is 5.84. The van der Waals surface area contributed by atoms with E-state index in [0.717, 1.165) is 36.9 Å². The van der Waals surface area contributed by atoms with Gasteiger partial charge in [0.1, 0.15) is 5.66 Å². The van der Waals surface area contributed by atoms with Gasteiger partial charge < -0.3 is 16.8 Å². The second kappa shape index (κ2) is 6.14. The van der Waals surface area contributed by atoms with Gasteiger partial charge in [-0.3, -0.25) is 9.69 Å². The van der Waals surface area contributed by atoms with Crippen molar-refractivity contribution in [1.82, 2.24) is 0 Å². The number of carbonyl (C=O) groups is 1. The van der Waals surface area contributed by atoms with Gasteiger partial charge in [0, 0.05) is 6.92 Å². The van der Waals surface area contributed by atoms with Gasteiger partial charge in [0.25, 0.3) is 0 Å². The lowest BCUT2D eigenvalue weighted by Gasteiger charge is -2.46. The predicted molar refractivity (Wildman–Crippen MR) is 97.0 cm³/mol. The molecule has 24 heavy (non-hydrogen) atoms. The number of carbonyl (C=O) groups excluding carboxylic acids is 1. The summed E-state index contributed by atoms with van der Waals surface area (Å²) in [6.45, 7) is 3.49. The van der Waals surface area contributed by atoms with Crippen LogP contribution >= 0.6 is 0 Å². The zero-order valence-corrected chi connectivity index (χ0v) is 14.2. The third-order valence-electron chi connectivity index (χ3n) is 4.56. The maximum absolute atomic E-state index is 11.6. The molecule has 1 spiro atoms. The van der Waals surface area contributed by atoms with Crippen LogP contribution in [0, 0.1) is 6.92 Å². The molecule has 1 aromatic rings. The van der Waals surface area contributed by atoms with E-state index in [2.05, 4.69) is 15.3 Å². The Balaban J connectivity index is 2.13. The Kier molecular flexibility index (Phi) is 4.17. The smallest absolute Gasteiger partial charge is 0.221 e. The number of nitrogens with zero attached hydrogens (tertiary/aromatic N) is 3. The summed E-state index contributed by atoms with van der Waals surface area (Å²) in [4.78, 5) is 22.4. The van der Waals surface area contributed by atoms with E-state index in [1.54, 1.807) is 0 Å². The number of hydrogen-bond donors (Lipinski definition) is 3. The van der Waals surface area contributed by atoms with Crippen LogP contribution in [0.25, 0.3) is 0 Å². The van der Waals surface area contributed by atoms with Gasteiger partial charge in [-0.15, -0.1) is 0 Å². The third kappa shape index (κ3) is 2.93. The van der Waals surface area contributed by atoms with Gasteiger partial charge in [-0.25, -0.2) is 4.99 Å². The Hall–Kier alpha value is -2.57. The van der Waals surface area contributed by atoms with Crippen LogP contribution in [0.2, 0.25) is 0 Å². The van der Waals surface area contributed by atoms with Crippen molar-refractivity contribution in [2.45, 2.75) is 51.6 Å². The Morgan fingerprint density at radius 2 is 1.96 bits per heavy atom.